The number of rotatable bonds is 4. The molecule has 0 amide bonds. The normalized spacial score (nSPS) is 22.3. The van der Waals surface area contributed by atoms with E-state index in [0.717, 1.165) is 13.1 Å². The zero-order chi connectivity index (χ0) is 21.3. The number of hydrogen-bond donors (Lipinski definition) is 0. The maximum atomic E-state index is 14.2. The summed E-state index contributed by atoms with van der Waals surface area (Å²) in [7, 11) is 1.75. The molecule has 2 fully saturated rings. The minimum absolute atomic E-state index is 0.143. The molecule has 3 aromatic heterocycles. The van der Waals surface area contributed by atoms with Gasteiger partial charge in [-0.05, 0) is 30.0 Å². The molecule has 1 saturated carbocycles. The molecule has 0 unspecified atom stereocenters. The number of aryl methyl sites for hydroxylation is 1. The van der Waals surface area contributed by atoms with Gasteiger partial charge in [0.1, 0.15) is 18.7 Å². The zero-order valence-electron chi connectivity index (χ0n) is 16.4. The number of halogens is 2. The monoisotopic (exact) mass is 441 g/mol. The predicted octanol–water partition coefficient (Wildman–Crippen LogP) is 2.20. The lowest BCUT2D eigenvalue weighted by Gasteiger charge is -2.22. The summed E-state index contributed by atoms with van der Waals surface area (Å²) in [5.74, 6) is 1.59. The summed E-state index contributed by atoms with van der Waals surface area (Å²) in [5, 5.41) is 4.52. The van der Waals surface area contributed by atoms with E-state index in [0.29, 0.717) is 45.4 Å². The maximum Gasteiger partial charge on any atom is 0.280 e. The van der Waals surface area contributed by atoms with Gasteiger partial charge in [-0.1, -0.05) is 16.8 Å². The fourth-order valence-corrected chi connectivity index (χ4v) is 4.80. The number of benzene rings is 1. The predicted molar refractivity (Wildman–Crippen MR) is 110 cm³/mol. The van der Waals surface area contributed by atoms with Crippen molar-refractivity contribution in [3.63, 3.8) is 0 Å². The van der Waals surface area contributed by atoms with Gasteiger partial charge in [0.05, 0.1) is 12.0 Å². The molecule has 9 nitrogen and oxygen atoms in total. The van der Waals surface area contributed by atoms with Crippen LogP contribution in [0.2, 0.25) is 5.02 Å². The summed E-state index contributed by atoms with van der Waals surface area (Å²) in [6.45, 7) is 1.61. The Balaban J connectivity index is 1.17. The number of hydrogen-bond acceptors (Lipinski definition) is 7. The highest BCUT2D eigenvalue weighted by atomic mass is 35.5. The Bertz CT molecular complexity index is 1370. The first-order valence-electron chi connectivity index (χ1n) is 9.88. The van der Waals surface area contributed by atoms with Crippen LogP contribution in [0, 0.1) is 17.7 Å². The number of aromatic nitrogens is 6. The number of nitrogens with zero attached hydrogens (tertiary/aromatic N) is 7. The maximum absolute atomic E-state index is 14.2. The molecule has 0 bridgehead atoms. The van der Waals surface area contributed by atoms with Crippen LogP contribution in [0.4, 0.5) is 10.1 Å². The highest BCUT2D eigenvalue weighted by Gasteiger charge is 2.58. The van der Waals surface area contributed by atoms with Crippen molar-refractivity contribution in [1.82, 2.24) is 29.2 Å². The lowest BCUT2D eigenvalue weighted by Crippen LogP contribution is -2.24. The average molecular weight is 442 g/mol. The standard InChI is InChI=1S/C20H17ClFN7O2/c1-27-8-23-19-17(27)20(30)29(9-24-19)7-15-25-18(26-31-15)16-11-5-28(6-12(11)16)14-3-2-10(21)4-13(14)22/h2-4,8-9,11-12,16H,5-7H2,1H3/t11-,12+,16+. The molecule has 0 spiro atoms. The first-order chi connectivity index (χ1) is 15.0. The molecule has 2 aliphatic rings. The molecule has 0 N–H and O–H groups in total. The Kier molecular flexibility index (Phi) is 3.95. The minimum atomic E-state index is -0.309. The Labute approximate surface area is 180 Å². The molecule has 0 radical (unpaired) electrons. The topological polar surface area (TPSA) is 94.9 Å². The first kappa shape index (κ1) is 18.5. The third-order valence-electron chi connectivity index (χ3n) is 6.23. The molecule has 11 heteroatoms. The summed E-state index contributed by atoms with van der Waals surface area (Å²) in [5.41, 5.74) is 1.19. The molecule has 1 saturated heterocycles. The van der Waals surface area contributed by atoms with Crippen LogP contribution in [0.1, 0.15) is 17.6 Å². The van der Waals surface area contributed by atoms with E-state index in [-0.39, 0.29) is 23.8 Å². The van der Waals surface area contributed by atoms with E-state index in [1.54, 1.807) is 30.1 Å². The van der Waals surface area contributed by atoms with Crippen molar-refractivity contribution < 1.29 is 8.91 Å². The molecule has 31 heavy (non-hydrogen) atoms. The Morgan fingerprint density at radius 3 is 2.77 bits per heavy atom. The third kappa shape index (κ3) is 2.93. The largest absolute Gasteiger partial charge is 0.369 e. The molecule has 1 aliphatic heterocycles. The molecular formula is C20H17ClFN7O2. The molecule has 4 heterocycles. The van der Waals surface area contributed by atoms with E-state index >= 15 is 0 Å². The van der Waals surface area contributed by atoms with Gasteiger partial charge >= 0.3 is 0 Å². The number of fused-ring (bicyclic) bond motifs is 2. The highest BCUT2D eigenvalue weighted by molar-refractivity contribution is 6.30. The van der Waals surface area contributed by atoms with Crippen LogP contribution in [-0.4, -0.2) is 42.3 Å². The van der Waals surface area contributed by atoms with E-state index in [1.807, 2.05) is 4.90 Å². The molecular weight excluding hydrogens is 425 g/mol. The van der Waals surface area contributed by atoms with Crippen molar-refractivity contribution in [3.05, 3.63) is 63.8 Å². The summed E-state index contributed by atoms with van der Waals surface area (Å²) in [6.07, 6.45) is 2.99. The fraction of sp³-hybridized carbons (Fsp3) is 0.350. The smallest absolute Gasteiger partial charge is 0.280 e. The minimum Gasteiger partial charge on any atom is -0.369 e. The molecule has 6 rings (SSSR count). The second-order valence-electron chi connectivity index (χ2n) is 8.11. The second-order valence-corrected chi connectivity index (χ2v) is 8.54. The third-order valence-corrected chi connectivity index (χ3v) is 6.47. The van der Waals surface area contributed by atoms with Gasteiger partial charge in [-0.25, -0.2) is 14.4 Å². The van der Waals surface area contributed by atoms with Crippen LogP contribution in [0.15, 0.2) is 40.2 Å². The second kappa shape index (κ2) is 6.61. The van der Waals surface area contributed by atoms with Gasteiger partial charge in [-0.3, -0.25) is 9.36 Å². The van der Waals surface area contributed by atoms with E-state index in [2.05, 4.69) is 20.1 Å². The van der Waals surface area contributed by atoms with Crippen LogP contribution < -0.4 is 10.5 Å². The molecule has 3 atom stereocenters. The number of imidazole rings is 1. The van der Waals surface area contributed by atoms with Gasteiger partial charge < -0.3 is 14.0 Å². The average Bonchev–Trinajstić information content (AvgIpc) is 3.16. The van der Waals surface area contributed by atoms with Gasteiger partial charge in [0, 0.05) is 31.1 Å². The van der Waals surface area contributed by atoms with Crippen molar-refractivity contribution in [1.29, 1.82) is 0 Å². The van der Waals surface area contributed by atoms with Crippen LogP contribution in [0.25, 0.3) is 11.2 Å². The lowest BCUT2D eigenvalue weighted by atomic mass is 10.2. The van der Waals surface area contributed by atoms with Crippen LogP contribution in [-0.2, 0) is 13.6 Å². The highest BCUT2D eigenvalue weighted by Crippen LogP contribution is 2.58. The van der Waals surface area contributed by atoms with Crippen LogP contribution >= 0.6 is 11.6 Å². The molecule has 158 valence electrons. The van der Waals surface area contributed by atoms with Crippen LogP contribution in [0.5, 0.6) is 0 Å². The van der Waals surface area contributed by atoms with Gasteiger partial charge in [-0.15, -0.1) is 0 Å². The fourth-order valence-electron chi connectivity index (χ4n) is 4.64. The van der Waals surface area contributed by atoms with Gasteiger partial charge in [0.25, 0.3) is 5.56 Å². The summed E-state index contributed by atoms with van der Waals surface area (Å²) < 4.78 is 22.7. The van der Waals surface area contributed by atoms with Crippen molar-refractivity contribution in [3.8, 4) is 0 Å². The molecule has 1 aromatic carbocycles. The van der Waals surface area contributed by atoms with Crippen LogP contribution in [0.3, 0.4) is 0 Å². The summed E-state index contributed by atoms with van der Waals surface area (Å²) >= 11 is 5.85. The Morgan fingerprint density at radius 2 is 2.00 bits per heavy atom. The van der Waals surface area contributed by atoms with E-state index in [1.165, 1.54) is 17.0 Å². The van der Waals surface area contributed by atoms with Crippen molar-refractivity contribution in [2.45, 2.75) is 12.5 Å². The lowest BCUT2D eigenvalue weighted by molar-refractivity contribution is 0.363. The number of piperidine rings is 1. The van der Waals surface area contributed by atoms with Crippen molar-refractivity contribution in [2.24, 2.45) is 18.9 Å². The van der Waals surface area contributed by atoms with Gasteiger partial charge in [0.15, 0.2) is 17.0 Å². The van der Waals surface area contributed by atoms with Gasteiger partial charge in [0.2, 0.25) is 5.89 Å². The molecule has 1 aliphatic carbocycles. The summed E-state index contributed by atoms with van der Waals surface area (Å²) in [6, 6.07) is 4.75. The van der Waals surface area contributed by atoms with E-state index in [9.17, 15) is 9.18 Å². The Hall–Kier alpha value is -3.27. The van der Waals surface area contributed by atoms with Crippen molar-refractivity contribution in [2.75, 3.05) is 18.0 Å². The van der Waals surface area contributed by atoms with E-state index in [4.69, 9.17) is 16.1 Å². The quantitative estimate of drug-likeness (QED) is 0.479. The SMILES string of the molecule is Cn1cnc2ncn(Cc3nc([C@H]4[C@@H]5CN(c6ccc(Cl)cc6F)C[C@@H]54)no3)c(=O)c21. The first-order valence-corrected chi connectivity index (χ1v) is 10.3. The molecule has 4 aromatic rings. The zero-order valence-corrected chi connectivity index (χ0v) is 17.2. The number of anilines is 1. The Morgan fingerprint density at radius 1 is 1.23 bits per heavy atom. The van der Waals surface area contributed by atoms with Gasteiger partial charge in [-0.2, -0.15) is 4.98 Å². The van der Waals surface area contributed by atoms with Crippen molar-refractivity contribution >= 4 is 28.5 Å². The van der Waals surface area contributed by atoms with E-state index < -0.39 is 0 Å². The summed E-state index contributed by atoms with van der Waals surface area (Å²) in [4.78, 5) is 27.5.